The van der Waals surface area contributed by atoms with Crippen LogP contribution < -0.4 is 0 Å². The van der Waals surface area contributed by atoms with E-state index >= 15 is 0 Å². The highest BCUT2D eigenvalue weighted by molar-refractivity contribution is 7.86. The first kappa shape index (κ1) is 14.0. The number of methoxy groups -OCH3 is 1. The first-order valence-corrected chi connectivity index (χ1v) is 6.75. The molecule has 0 heterocycles. The van der Waals surface area contributed by atoms with E-state index in [1.54, 1.807) is 12.1 Å². The molecule has 5 nitrogen and oxygen atoms in total. The van der Waals surface area contributed by atoms with E-state index in [-0.39, 0.29) is 10.6 Å². The Hall–Kier alpha value is -1.11. The summed E-state index contributed by atoms with van der Waals surface area (Å²) in [6.07, 6.45) is -0.538. The Morgan fingerprint density at radius 1 is 1.35 bits per heavy atom. The average Bonchev–Trinajstić information content (AvgIpc) is 2.25. The molecule has 0 N–H and O–H groups in total. The molecular formula is C10H11ClO5S. The van der Waals surface area contributed by atoms with Crippen molar-refractivity contribution >= 4 is 27.7 Å². The van der Waals surface area contributed by atoms with Crippen LogP contribution in [0.25, 0.3) is 0 Å². The van der Waals surface area contributed by atoms with E-state index in [0.29, 0.717) is 0 Å². The van der Waals surface area contributed by atoms with Crippen LogP contribution in [0, 0.1) is 0 Å². The predicted molar refractivity (Wildman–Crippen MR) is 62.1 cm³/mol. The van der Waals surface area contributed by atoms with Crippen LogP contribution in [0.4, 0.5) is 0 Å². The van der Waals surface area contributed by atoms with Crippen LogP contribution in [-0.2, 0) is 23.8 Å². The van der Waals surface area contributed by atoms with Gasteiger partial charge in [-0.05, 0) is 6.07 Å². The standard InChI is InChI=1S/C10H11ClO5S/c1-15-10(12)9(16-17(2,13)14)7-5-3-4-6-8(7)11/h3-6,9H,1-2H3/t9-/m1/s1. The van der Waals surface area contributed by atoms with Crippen molar-refractivity contribution in [2.24, 2.45) is 0 Å². The fraction of sp³-hybridized carbons (Fsp3) is 0.300. The van der Waals surface area contributed by atoms with Crippen LogP contribution in [0.15, 0.2) is 24.3 Å². The SMILES string of the molecule is COC(=O)[C@H](OS(C)(=O)=O)c1ccccc1Cl. The molecule has 0 unspecified atom stereocenters. The Labute approximate surface area is 104 Å². The second-order valence-electron chi connectivity index (χ2n) is 3.23. The van der Waals surface area contributed by atoms with Gasteiger partial charge in [-0.1, -0.05) is 29.8 Å². The molecular weight excluding hydrogens is 268 g/mol. The maximum Gasteiger partial charge on any atom is 0.341 e. The minimum Gasteiger partial charge on any atom is -0.467 e. The Morgan fingerprint density at radius 3 is 2.41 bits per heavy atom. The smallest absolute Gasteiger partial charge is 0.341 e. The zero-order chi connectivity index (χ0) is 13.1. The van der Waals surface area contributed by atoms with Gasteiger partial charge in [0, 0.05) is 10.6 Å². The number of hydrogen-bond donors (Lipinski definition) is 0. The van der Waals surface area contributed by atoms with Crippen molar-refractivity contribution in [2.75, 3.05) is 13.4 Å². The molecule has 0 fully saturated rings. The highest BCUT2D eigenvalue weighted by Gasteiger charge is 2.28. The summed E-state index contributed by atoms with van der Waals surface area (Å²) < 4.78 is 31.3. The lowest BCUT2D eigenvalue weighted by atomic mass is 10.1. The van der Waals surface area contributed by atoms with E-state index < -0.39 is 22.2 Å². The Kier molecular flexibility index (Phi) is 4.50. The topological polar surface area (TPSA) is 69.7 Å². The molecule has 0 aromatic heterocycles. The molecule has 0 radical (unpaired) electrons. The van der Waals surface area contributed by atoms with Crippen molar-refractivity contribution in [1.82, 2.24) is 0 Å². The highest BCUT2D eigenvalue weighted by atomic mass is 35.5. The third-order valence-electron chi connectivity index (χ3n) is 1.87. The van der Waals surface area contributed by atoms with Gasteiger partial charge in [0.05, 0.1) is 13.4 Å². The van der Waals surface area contributed by atoms with Gasteiger partial charge in [-0.15, -0.1) is 0 Å². The Bertz CT molecular complexity index is 511. The second-order valence-corrected chi connectivity index (χ2v) is 5.23. The number of rotatable bonds is 4. The number of hydrogen-bond acceptors (Lipinski definition) is 5. The van der Waals surface area contributed by atoms with Gasteiger partial charge in [0.15, 0.2) is 0 Å². The molecule has 0 aliphatic heterocycles. The zero-order valence-electron chi connectivity index (χ0n) is 9.21. The summed E-state index contributed by atoms with van der Waals surface area (Å²) >= 11 is 5.87. The number of carbonyl (C=O) groups excluding carboxylic acids is 1. The number of ether oxygens (including phenoxy) is 1. The molecule has 1 aromatic rings. The van der Waals surface area contributed by atoms with E-state index in [2.05, 4.69) is 8.92 Å². The summed E-state index contributed by atoms with van der Waals surface area (Å²) in [4.78, 5) is 11.5. The van der Waals surface area contributed by atoms with Crippen molar-refractivity contribution in [3.05, 3.63) is 34.9 Å². The molecule has 1 rings (SSSR count). The molecule has 0 aliphatic rings. The summed E-state index contributed by atoms with van der Waals surface area (Å²) in [5, 5.41) is 0.228. The number of benzene rings is 1. The molecule has 7 heteroatoms. The predicted octanol–water partition coefficient (Wildman–Crippen LogP) is 1.53. The van der Waals surface area contributed by atoms with Gasteiger partial charge >= 0.3 is 5.97 Å². The minimum atomic E-state index is -3.80. The normalized spacial score (nSPS) is 13.1. The number of halogens is 1. The van der Waals surface area contributed by atoms with Crippen LogP contribution in [0.1, 0.15) is 11.7 Å². The van der Waals surface area contributed by atoms with Crippen LogP contribution in [-0.4, -0.2) is 27.8 Å². The summed E-state index contributed by atoms with van der Waals surface area (Å²) in [5.41, 5.74) is 0.242. The summed E-state index contributed by atoms with van der Waals surface area (Å²) in [6.45, 7) is 0. The molecule has 0 amide bonds. The van der Waals surface area contributed by atoms with E-state index in [1.165, 1.54) is 12.1 Å². The fourth-order valence-corrected chi connectivity index (χ4v) is 1.95. The minimum absolute atomic E-state index is 0.228. The quantitative estimate of drug-likeness (QED) is 0.617. The lowest BCUT2D eigenvalue weighted by molar-refractivity contribution is -0.149. The maximum absolute atomic E-state index is 11.5. The third-order valence-corrected chi connectivity index (χ3v) is 2.76. The highest BCUT2D eigenvalue weighted by Crippen LogP contribution is 2.27. The lowest BCUT2D eigenvalue weighted by Crippen LogP contribution is -2.20. The lowest BCUT2D eigenvalue weighted by Gasteiger charge is -2.15. The van der Waals surface area contributed by atoms with Gasteiger partial charge < -0.3 is 4.74 Å². The Balaban J connectivity index is 3.16. The number of esters is 1. The fourth-order valence-electron chi connectivity index (χ4n) is 1.19. The van der Waals surface area contributed by atoms with Crippen molar-refractivity contribution in [1.29, 1.82) is 0 Å². The third kappa shape index (κ3) is 3.99. The van der Waals surface area contributed by atoms with Crippen LogP contribution in [0.5, 0.6) is 0 Å². The first-order chi connectivity index (χ1) is 7.85. The largest absolute Gasteiger partial charge is 0.467 e. The van der Waals surface area contributed by atoms with Crippen molar-refractivity contribution in [3.8, 4) is 0 Å². The molecule has 0 aliphatic carbocycles. The Morgan fingerprint density at radius 2 is 1.94 bits per heavy atom. The zero-order valence-corrected chi connectivity index (χ0v) is 10.8. The molecule has 0 saturated carbocycles. The van der Waals surface area contributed by atoms with Gasteiger partial charge in [0.1, 0.15) is 0 Å². The molecule has 0 saturated heterocycles. The van der Waals surface area contributed by atoms with Crippen molar-refractivity contribution in [2.45, 2.75) is 6.10 Å². The van der Waals surface area contributed by atoms with Gasteiger partial charge in [-0.25, -0.2) is 8.98 Å². The monoisotopic (exact) mass is 278 g/mol. The molecule has 1 aromatic carbocycles. The van der Waals surface area contributed by atoms with Crippen LogP contribution in [0.3, 0.4) is 0 Å². The summed E-state index contributed by atoms with van der Waals surface area (Å²) in [6, 6.07) is 6.29. The summed E-state index contributed by atoms with van der Waals surface area (Å²) in [5.74, 6) is -0.830. The molecule has 0 spiro atoms. The maximum atomic E-state index is 11.5. The van der Waals surface area contributed by atoms with Gasteiger partial charge in [-0.3, -0.25) is 0 Å². The molecule has 0 bridgehead atoms. The molecule has 17 heavy (non-hydrogen) atoms. The van der Waals surface area contributed by atoms with Crippen molar-refractivity contribution < 1.29 is 22.1 Å². The van der Waals surface area contributed by atoms with Crippen molar-refractivity contribution in [3.63, 3.8) is 0 Å². The average molecular weight is 279 g/mol. The van der Waals surface area contributed by atoms with E-state index in [4.69, 9.17) is 11.6 Å². The van der Waals surface area contributed by atoms with E-state index in [9.17, 15) is 13.2 Å². The van der Waals surface area contributed by atoms with E-state index in [1.807, 2.05) is 0 Å². The molecule has 1 atom stereocenters. The number of carbonyl (C=O) groups is 1. The van der Waals surface area contributed by atoms with E-state index in [0.717, 1.165) is 13.4 Å². The van der Waals surface area contributed by atoms with Crippen LogP contribution in [0.2, 0.25) is 5.02 Å². The first-order valence-electron chi connectivity index (χ1n) is 4.55. The summed E-state index contributed by atoms with van der Waals surface area (Å²) in [7, 11) is -2.67. The van der Waals surface area contributed by atoms with Gasteiger partial charge in [-0.2, -0.15) is 8.42 Å². The van der Waals surface area contributed by atoms with Crippen LogP contribution >= 0.6 is 11.6 Å². The molecule has 94 valence electrons. The van der Waals surface area contributed by atoms with Gasteiger partial charge in [0.25, 0.3) is 10.1 Å². The van der Waals surface area contributed by atoms with Gasteiger partial charge in [0.2, 0.25) is 6.10 Å². The second kappa shape index (κ2) is 5.48.